The molecular weight excluding hydrogens is 192 g/mol. The van der Waals surface area contributed by atoms with Gasteiger partial charge >= 0.3 is 0 Å². The molecule has 82 valence electrons. The molecule has 0 amide bonds. The minimum Gasteiger partial charge on any atom is -0.393 e. The molecule has 0 radical (unpaired) electrons. The lowest BCUT2D eigenvalue weighted by molar-refractivity contribution is 0.148. The topological polar surface area (TPSA) is 20.2 Å². The molecule has 2 unspecified atom stereocenters. The number of hydrogen-bond acceptors (Lipinski definition) is 2. The largest absolute Gasteiger partial charge is 0.393 e. The lowest BCUT2D eigenvalue weighted by Crippen LogP contribution is -2.10. The molecule has 0 rings (SSSR count). The van der Waals surface area contributed by atoms with E-state index in [1.54, 1.807) is 11.8 Å². The van der Waals surface area contributed by atoms with Gasteiger partial charge in [0.1, 0.15) is 0 Å². The fourth-order valence-corrected chi connectivity index (χ4v) is 1.73. The highest BCUT2D eigenvalue weighted by atomic mass is 32.2. The van der Waals surface area contributed by atoms with Gasteiger partial charge in [0.05, 0.1) is 6.10 Å². The molecule has 0 aliphatic heterocycles. The highest BCUT2D eigenvalue weighted by Crippen LogP contribution is 2.28. The van der Waals surface area contributed by atoms with Crippen LogP contribution in [0.25, 0.3) is 0 Å². The quantitative estimate of drug-likeness (QED) is 0.722. The molecule has 0 aliphatic carbocycles. The van der Waals surface area contributed by atoms with Crippen molar-refractivity contribution in [3.8, 4) is 0 Å². The van der Waals surface area contributed by atoms with Crippen molar-refractivity contribution in [3.05, 3.63) is 22.5 Å². The van der Waals surface area contributed by atoms with Gasteiger partial charge in [-0.15, -0.1) is 11.8 Å². The Morgan fingerprint density at radius 2 is 2.07 bits per heavy atom. The van der Waals surface area contributed by atoms with Crippen molar-refractivity contribution < 1.29 is 5.11 Å². The molecule has 14 heavy (non-hydrogen) atoms. The second-order valence-electron chi connectivity index (χ2n) is 3.98. The van der Waals surface area contributed by atoms with Crippen LogP contribution < -0.4 is 0 Å². The van der Waals surface area contributed by atoms with Crippen LogP contribution >= 0.6 is 11.8 Å². The van der Waals surface area contributed by atoms with E-state index in [9.17, 15) is 5.11 Å². The summed E-state index contributed by atoms with van der Waals surface area (Å²) < 4.78 is 0. The number of aliphatic hydroxyl groups excluding tert-OH is 1. The van der Waals surface area contributed by atoms with Gasteiger partial charge in [0.25, 0.3) is 0 Å². The molecule has 0 aromatic rings. The van der Waals surface area contributed by atoms with E-state index in [-0.39, 0.29) is 6.10 Å². The van der Waals surface area contributed by atoms with Crippen LogP contribution in [0.15, 0.2) is 22.5 Å². The smallest absolute Gasteiger partial charge is 0.0543 e. The lowest BCUT2D eigenvalue weighted by Gasteiger charge is -2.16. The Hall–Kier alpha value is -0.210. The molecule has 0 aromatic heterocycles. The van der Waals surface area contributed by atoms with E-state index in [2.05, 4.69) is 32.8 Å². The van der Waals surface area contributed by atoms with Crippen LogP contribution in [-0.2, 0) is 0 Å². The Labute approximate surface area is 92.3 Å². The summed E-state index contributed by atoms with van der Waals surface area (Å²) in [7, 11) is 0. The molecule has 2 atom stereocenters. The van der Waals surface area contributed by atoms with E-state index < -0.39 is 0 Å². The number of hydrogen-bond donors (Lipinski definition) is 1. The molecule has 0 saturated carbocycles. The number of thioether (sulfide) groups is 1. The fraction of sp³-hybridized carbons (Fsp3) is 0.667. The third-order valence-electron chi connectivity index (χ3n) is 2.09. The third-order valence-corrected chi connectivity index (χ3v) is 3.39. The van der Waals surface area contributed by atoms with Crippen LogP contribution in [0.3, 0.4) is 0 Å². The van der Waals surface area contributed by atoms with E-state index in [0.29, 0.717) is 5.92 Å². The first-order chi connectivity index (χ1) is 6.47. The maximum atomic E-state index is 9.49. The number of rotatable bonds is 6. The van der Waals surface area contributed by atoms with Gasteiger partial charge in [-0.1, -0.05) is 26.0 Å². The number of allylic oxidation sites excluding steroid dienone is 2. The summed E-state index contributed by atoms with van der Waals surface area (Å²) in [5.74, 6) is 0.380. The summed E-state index contributed by atoms with van der Waals surface area (Å²) in [4.78, 5) is 1.14. The van der Waals surface area contributed by atoms with Gasteiger partial charge < -0.3 is 5.11 Å². The average Bonchev–Trinajstić information content (AvgIpc) is 2.13. The van der Waals surface area contributed by atoms with E-state index in [4.69, 9.17) is 0 Å². The Morgan fingerprint density at radius 3 is 2.50 bits per heavy atom. The second-order valence-corrected chi connectivity index (χ2v) is 4.97. The van der Waals surface area contributed by atoms with Crippen LogP contribution in [-0.4, -0.2) is 11.2 Å². The van der Waals surface area contributed by atoms with Gasteiger partial charge in [0.15, 0.2) is 0 Å². The summed E-state index contributed by atoms with van der Waals surface area (Å²) in [6.07, 6.45) is 1.46. The first-order valence-electron chi connectivity index (χ1n) is 5.14. The zero-order valence-electron chi connectivity index (χ0n) is 9.71. The Morgan fingerprint density at radius 1 is 1.50 bits per heavy atom. The Kier molecular flexibility index (Phi) is 7.02. The van der Waals surface area contributed by atoms with E-state index >= 15 is 0 Å². The van der Waals surface area contributed by atoms with Crippen molar-refractivity contribution in [2.75, 3.05) is 0 Å². The molecule has 0 aliphatic rings. The minimum atomic E-state index is -0.186. The Bertz CT molecular complexity index is 204. The molecule has 0 saturated heterocycles. The zero-order valence-corrected chi connectivity index (χ0v) is 10.5. The predicted molar refractivity (Wildman–Crippen MR) is 66.2 cm³/mol. The van der Waals surface area contributed by atoms with Gasteiger partial charge in [-0.25, -0.2) is 0 Å². The molecule has 0 aromatic carbocycles. The van der Waals surface area contributed by atoms with Crippen LogP contribution in [0, 0.1) is 5.92 Å². The normalized spacial score (nSPS) is 14.6. The minimum absolute atomic E-state index is 0.186. The molecule has 0 bridgehead atoms. The molecule has 1 nitrogen and oxygen atoms in total. The van der Waals surface area contributed by atoms with Crippen LogP contribution in [0.2, 0.25) is 0 Å². The van der Waals surface area contributed by atoms with Gasteiger partial charge in [-0.2, -0.15) is 0 Å². The predicted octanol–water partition coefficient (Wildman–Crippen LogP) is 3.95. The van der Waals surface area contributed by atoms with Crippen molar-refractivity contribution in [2.45, 2.75) is 46.6 Å². The van der Waals surface area contributed by atoms with E-state index in [1.807, 2.05) is 6.92 Å². The summed E-state index contributed by atoms with van der Waals surface area (Å²) in [5.41, 5.74) is 1.29. The van der Waals surface area contributed by atoms with Gasteiger partial charge in [0.2, 0.25) is 0 Å². The monoisotopic (exact) mass is 214 g/mol. The van der Waals surface area contributed by atoms with Gasteiger partial charge in [-0.05, 0) is 42.9 Å². The van der Waals surface area contributed by atoms with Crippen LogP contribution in [0.4, 0.5) is 0 Å². The van der Waals surface area contributed by atoms with Gasteiger partial charge in [0, 0.05) is 0 Å². The summed E-state index contributed by atoms with van der Waals surface area (Å²) in [5, 5.41) is 11.6. The average molecular weight is 214 g/mol. The fourth-order valence-electron chi connectivity index (χ4n) is 1.02. The SMILES string of the molecule is C=C(SC=C(C)C)C(C)CC(O)CC. The van der Waals surface area contributed by atoms with E-state index in [0.717, 1.165) is 17.7 Å². The highest BCUT2D eigenvalue weighted by Gasteiger charge is 2.11. The third kappa shape index (κ3) is 6.28. The maximum Gasteiger partial charge on any atom is 0.0543 e. The van der Waals surface area contributed by atoms with Crippen molar-refractivity contribution in [2.24, 2.45) is 5.92 Å². The summed E-state index contributed by atoms with van der Waals surface area (Å²) in [6, 6.07) is 0. The molecular formula is C12H22OS. The standard InChI is InChI=1S/C12H22OS/c1-6-12(13)7-10(4)11(5)14-8-9(2)3/h8,10,12-13H,5-7H2,1-4H3. The summed E-state index contributed by atoms with van der Waals surface area (Å²) in [6.45, 7) is 12.3. The van der Waals surface area contributed by atoms with Gasteiger partial charge in [-0.3, -0.25) is 0 Å². The van der Waals surface area contributed by atoms with Crippen molar-refractivity contribution in [1.29, 1.82) is 0 Å². The molecule has 2 heteroatoms. The molecule has 0 fully saturated rings. The van der Waals surface area contributed by atoms with Crippen molar-refractivity contribution in [1.82, 2.24) is 0 Å². The highest BCUT2D eigenvalue weighted by molar-refractivity contribution is 8.05. The number of aliphatic hydroxyl groups is 1. The molecule has 0 heterocycles. The van der Waals surface area contributed by atoms with Crippen molar-refractivity contribution in [3.63, 3.8) is 0 Å². The maximum absolute atomic E-state index is 9.49. The lowest BCUT2D eigenvalue weighted by atomic mass is 10.0. The first-order valence-corrected chi connectivity index (χ1v) is 6.02. The zero-order chi connectivity index (χ0) is 11.1. The Balaban J connectivity index is 3.94. The van der Waals surface area contributed by atoms with Crippen LogP contribution in [0.1, 0.15) is 40.5 Å². The molecule has 1 N–H and O–H groups in total. The van der Waals surface area contributed by atoms with Crippen molar-refractivity contribution >= 4 is 11.8 Å². The van der Waals surface area contributed by atoms with E-state index in [1.165, 1.54) is 5.57 Å². The molecule has 0 spiro atoms. The van der Waals surface area contributed by atoms with Crippen LogP contribution in [0.5, 0.6) is 0 Å². The summed E-state index contributed by atoms with van der Waals surface area (Å²) >= 11 is 1.68. The first kappa shape index (κ1) is 13.8. The second kappa shape index (κ2) is 7.13.